The van der Waals surface area contributed by atoms with Crippen molar-refractivity contribution < 1.29 is 4.39 Å². The third-order valence-electron chi connectivity index (χ3n) is 3.40. The lowest BCUT2D eigenvalue weighted by Crippen LogP contribution is -2.37. The number of hydrogen-bond acceptors (Lipinski definition) is 3. The fourth-order valence-corrected chi connectivity index (χ4v) is 3.64. The standard InChI is InChI=1S/C14H19FN2S2/c1-2-12-9-17(5-6-19-12)8-11-7-10(14(16)18)3-4-13(11)15/h3-4,7,12H,2,5-6,8-9H2,1H3,(H2,16,18). The highest BCUT2D eigenvalue weighted by Crippen LogP contribution is 2.23. The predicted octanol–water partition coefficient (Wildman–Crippen LogP) is 2.79. The molecule has 1 saturated heterocycles. The average Bonchev–Trinajstić information content (AvgIpc) is 2.41. The van der Waals surface area contributed by atoms with E-state index >= 15 is 0 Å². The maximum absolute atomic E-state index is 13.9. The van der Waals surface area contributed by atoms with Gasteiger partial charge in [0.1, 0.15) is 10.8 Å². The van der Waals surface area contributed by atoms with E-state index in [2.05, 4.69) is 11.8 Å². The van der Waals surface area contributed by atoms with Gasteiger partial charge in [-0.25, -0.2) is 4.39 Å². The smallest absolute Gasteiger partial charge is 0.127 e. The van der Waals surface area contributed by atoms with E-state index in [1.54, 1.807) is 12.1 Å². The molecule has 1 fully saturated rings. The van der Waals surface area contributed by atoms with E-state index in [1.165, 1.54) is 6.07 Å². The molecule has 0 saturated carbocycles. The Morgan fingerprint density at radius 3 is 3.05 bits per heavy atom. The highest BCUT2D eigenvalue weighted by atomic mass is 32.2. The van der Waals surface area contributed by atoms with Gasteiger partial charge in [-0.05, 0) is 24.6 Å². The minimum atomic E-state index is -0.175. The molecule has 0 amide bonds. The van der Waals surface area contributed by atoms with Crippen molar-refractivity contribution in [1.82, 2.24) is 4.90 Å². The molecule has 0 bridgehead atoms. The molecule has 5 heteroatoms. The highest BCUT2D eigenvalue weighted by molar-refractivity contribution is 8.00. The molecule has 1 atom stereocenters. The number of thiocarbonyl (C=S) groups is 1. The van der Waals surface area contributed by atoms with Crippen LogP contribution in [0.5, 0.6) is 0 Å². The van der Waals surface area contributed by atoms with Crippen molar-refractivity contribution in [3.05, 3.63) is 35.1 Å². The number of nitrogens with two attached hydrogens (primary N) is 1. The molecule has 0 aromatic heterocycles. The molecule has 1 aliphatic heterocycles. The summed E-state index contributed by atoms with van der Waals surface area (Å²) in [5, 5.41) is 0.663. The van der Waals surface area contributed by atoms with E-state index in [0.717, 1.165) is 30.8 Å². The summed E-state index contributed by atoms with van der Waals surface area (Å²) < 4.78 is 13.9. The van der Waals surface area contributed by atoms with Crippen molar-refractivity contribution in [2.24, 2.45) is 5.73 Å². The Morgan fingerprint density at radius 1 is 1.58 bits per heavy atom. The van der Waals surface area contributed by atoms with Crippen LogP contribution in [0.3, 0.4) is 0 Å². The van der Waals surface area contributed by atoms with E-state index < -0.39 is 0 Å². The quantitative estimate of drug-likeness (QED) is 0.866. The van der Waals surface area contributed by atoms with Crippen LogP contribution >= 0.6 is 24.0 Å². The van der Waals surface area contributed by atoms with E-state index in [0.29, 0.717) is 22.3 Å². The van der Waals surface area contributed by atoms with Crippen molar-refractivity contribution >= 4 is 29.0 Å². The summed E-state index contributed by atoms with van der Waals surface area (Å²) in [6, 6.07) is 4.88. The second-order valence-corrected chi connectivity index (χ2v) is 6.65. The molecule has 1 aromatic rings. The van der Waals surface area contributed by atoms with Crippen LogP contribution in [-0.2, 0) is 6.54 Å². The molecule has 1 aliphatic rings. The van der Waals surface area contributed by atoms with Crippen molar-refractivity contribution in [3.8, 4) is 0 Å². The zero-order valence-corrected chi connectivity index (χ0v) is 12.7. The zero-order valence-electron chi connectivity index (χ0n) is 11.1. The lowest BCUT2D eigenvalue weighted by molar-refractivity contribution is 0.269. The van der Waals surface area contributed by atoms with E-state index in [9.17, 15) is 4.39 Å². The highest BCUT2D eigenvalue weighted by Gasteiger charge is 2.20. The van der Waals surface area contributed by atoms with Gasteiger partial charge in [0.2, 0.25) is 0 Å². The number of thioether (sulfide) groups is 1. The largest absolute Gasteiger partial charge is 0.389 e. The topological polar surface area (TPSA) is 29.3 Å². The summed E-state index contributed by atoms with van der Waals surface area (Å²) in [4.78, 5) is 2.63. The molecule has 0 spiro atoms. The molecule has 19 heavy (non-hydrogen) atoms. The Hall–Kier alpha value is -0.650. The second-order valence-electron chi connectivity index (χ2n) is 4.81. The summed E-state index contributed by atoms with van der Waals surface area (Å²) >= 11 is 6.96. The van der Waals surface area contributed by atoms with Crippen LogP contribution in [0.4, 0.5) is 4.39 Å². The molecule has 2 N–H and O–H groups in total. The van der Waals surface area contributed by atoms with Crippen LogP contribution in [0.25, 0.3) is 0 Å². The summed E-state index contributed by atoms with van der Waals surface area (Å²) in [7, 11) is 0. The van der Waals surface area contributed by atoms with Crippen molar-refractivity contribution in [3.63, 3.8) is 0 Å². The Labute approximate surface area is 123 Å². The summed E-state index contributed by atoms with van der Waals surface area (Å²) in [5.74, 6) is 0.945. The minimum absolute atomic E-state index is 0.175. The van der Waals surface area contributed by atoms with Gasteiger partial charge >= 0.3 is 0 Å². The van der Waals surface area contributed by atoms with Gasteiger partial charge in [0.05, 0.1) is 0 Å². The summed E-state index contributed by atoms with van der Waals surface area (Å²) in [5.41, 5.74) is 7.03. The molecule has 1 unspecified atom stereocenters. The first kappa shape index (κ1) is 14.8. The molecule has 2 rings (SSSR count). The first-order valence-electron chi connectivity index (χ1n) is 6.52. The first-order chi connectivity index (χ1) is 9.10. The Morgan fingerprint density at radius 2 is 2.37 bits per heavy atom. The van der Waals surface area contributed by atoms with Crippen LogP contribution < -0.4 is 5.73 Å². The molecule has 0 radical (unpaired) electrons. The van der Waals surface area contributed by atoms with Gasteiger partial charge in [0, 0.05) is 41.8 Å². The first-order valence-corrected chi connectivity index (χ1v) is 7.98. The fraction of sp³-hybridized carbons (Fsp3) is 0.500. The van der Waals surface area contributed by atoms with Crippen molar-refractivity contribution in [2.45, 2.75) is 25.1 Å². The lowest BCUT2D eigenvalue weighted by atomic mass is 10.1. The minimum Gasteiger partial charge on any atom is -0.389 e. The predicted molar refractivity (Wildman–Crippen MR) is 84.1 cm³/mol. The molecular formula is C14H19FN2S2. The Bertz CT molecular complexity index is 465. The van der Waals surface area contributed by atoms with Gasteiger partial charge in [0.25, 0.3) is 0 Å². The van der Waals surface area contributed by atoms with E-state index in [1.807, 2.05) is 11.8 Å². The molecular weight excluding hydrogens is 279 g/mol. The van der Waals surface area contributed by atoms with Crippen molar-refractivity contribution in [1.29, 1.82) is 0 Å². The summed E-state index contributed by atoms with van der Waals surface area (Å²) in [6.07, 6.45) is 1.16. The molecule has 104 valence electrons. The fourth-order valence-electron chi connectivity index (χ4n) is 2.26. The average molecular weight is 298 g/mol. The van der Waals surface area contributed by atoms with Gasteiger partial charge in [-0.2, -0.15) is 11.8 Å². The van der Waals surface area contributed by atoms with Gasteiger partial charge in [0.15, 0.2) is 0 Å². The number of rotatable bonds is 4. The van der Waals surface area contributed by atoms with Crippen LogP contribution in [0, 0.1) is 5.82 Å². The monoisotopic (exact) mass is 298 g/mol. The SMILES string of the molecule is CCC1CN(Cc2cc(C(N)=S)ccc2F)CCS1. The third-order valence-corrected chi connectivity index (χ3v) is 5.01. The van der Waals surface area contributed by atoms with Crippen LogP contribution in [0.15, 0.2) is 18.2 Å². The van der Waals surface area contributed by atoms with Crippen LogP contribution in [0.2, 0.25) is 0 Å². The summed E-state index contributed by atoms with van der Waals surface area (Å²) in [6.45, 7) is 4.88. The van der Waals surface area contributed by atoms with E-state index in [-0.39, 0.29) is 5.82 Å². The van der Waals surface area contributed by atoms with Gasteiger partial charge in [-0.3, -0.25) is 4.90 Å². The molecule has 2 nitrogen and oxygen atoms in total. The Kier molecular flexibility index (Phi) is 5.19. The van der Waals surface area contributed by atoms with Gasteiger partial charge in [-0.1, -0.05) is 19.1 Å². The Balaban J connectivity index is 2.09. The normalized spacial score (nSPS) is 20.4. The van der Waals surface area contributed by atoms with Crippen LogP contribution in [0.1, 0.15) is 24.5 Å². The van der Waals surface area contributed by atoms with Crippen LogP contribution in [-0.4, -0.2) is 34.0 Å². The number of nitrogens with zero attached hydrogens (tertiary/aromatic N) is 1. The third kappa shape index (κ3) is 3.91. The maximum atomic E-state index is 13.9. The van der Waals surface area contributed by atoms with Gasteiger partial charge in [-0.15, -0.1) is 0 Å². The zero-order chi connectivity index (χ0) is 13.8. The number of hydrogen-bond donors (Lipinski definition) is 1. The molecule has 1 aromatic carbocycles. The molecule has 1 heterocycles. The van der Waals surface area contributed by atoms with Crippen molar-refractivity contribution in [2.75, 3.05) is 18.8 Å². The second kappa shape index (κ2) is 6.68. The molecule has 0 aliphatic carbocycles. The van der Waals surface area contributed by atoms with Gasteiger partial charge < -0.3 is 5.73 Å². The maximum Gasteiger partial charge on any atom is 0.127 e. The number of benzene rings is 1. The number of halogens is 1. The van der Waals surface area contributed by atoms with E-state index in [4.69, 9.17) is 18.0 Å². The lowest BCUT2D eigenvalue weighted by Gasteiger charge is -2.32.